The van der Waals surface area contributed by atoms with E-state index in [-0.39, 0.29) is 24.3 Å². The summed E-state index contributed by atoms with van der Waals surface area (Å²) < 4.78 is 1.78. The van der Waals surface area contributed by atoms with Gasteiger partial charge in [0.2, 0.25) is 11.8 Å². The van der Waals surface area contributed by atoms with Gasteiger partial charge >= 0.3 is 0 Å². The lowest BCUT2D eigenvalue weighted by Crippen LogP contribution is -2.36. The summed E-state index contributed by atoms with van der Waals surface area (Å²) in [4.78, 5) is 29.9. The van der Waals surface area contributed by atoms with Gasteiger partial charge in [-0.2, -0.15) is 5.10 Å². The molecule has 23 heavy (non-hydrogen) atoms. The summed E-state index contributed by atoms with van der Waals surface area (Å²) >= 11 is 1.42. The molecule has 1 fully saturated rings. The fourth-order valence-corrected chi connectivity index (χ4v) is 3.44. The number of carbonyl (C=O) groups excluding carboxylic acids is 2. The number of rotatable bonds is 6. The smallest absolute Gasteiger partial charge is 0.228 e. The maximum absolute atomic E-state index is 12.1. The lowest BCUT2D eigenvalue weighted by molar-refractivity contribution is -0.121. The molecule has 8 heteroatoms. The standard InChI is InChI=1S/C15H19N5O2S/c1-11(9-19-6-3-5-16-19)17-13(21)8-12-10-23-15(18-12)20-7-2-4-14(20)22/h3,5-6,10-11H,2,4,7-9H2,1H3,(H,17,21). The minimum atomic E-state index is -0.0748. The predicted octanol–water partition coefficient (Wildman–Crippen LogP) is 1.21. The van der Waals surface area contributed by atoms with Crippen LogP contribution in [0.1, 0.15) is 25.5 Å². The molecule has 3 rings (SSSR count). The molecule has 0 bridgehead atoms. The molecule has 3 heterocycles. The summed E-state index contributed by atoms with van der Waals surface area (Å²) in [5.41, 5.74) is 0.702. The second-order valence-corrected chi connectivity index (χ2v) is 6.48. The molecule has 7 nitrogen and oxygen atoms in total. The molecule has 122 valence electrons. The van der Waals surface area contributed by atoms with Crippen molar-refractivity contribution in [2.24, 2.45) is 0 Å². The van der Waals surface area contributed by atoms with Crippen LogP contribution < -0.4 is 10.2 Å². The largest absolute Gasteiger partial charge is 0.351 e. The Morgan fingerprint density at radius 2 is 2.39 bits per heavy atom. The van der Waals surface area contributed by atoms with Crippen molar-refractivity contribution in [2.45, 2.75) is 38.8 Å². The van der Waals surface area contributed by atoms with Crippen molar-refractivity contribution >= 4 is 28.3 Å². The van der Waals surface area contributed by atoms with E-state index in [0.717, 1.165) is 13.0 Å². The summed E-state index contributed by atoms with van der Waals surface area (Å²) in [6.45, 7) is 3.29. The van der Waals surface area contributed by atoms with Crippen LogP contribution in [0.25, 0.3) is 0 Å². The highest BCUT2D eigenvalue weighted by Crippen LogP contribution is 2.25. The first kappa shape index (κ1) is 15.7. The SMILES string of the molecule is CC(Cn1cccn1)NC(=O)Cc1csc(N2CCCC2=O)n1. The minimum absolute atomic E-state index is 0.0133. The molecule has 1 N–H and O–H groups in total. The summed E-state index contributed by atoms with van der Waals surface area (Å²) in [7, 11) is 0. The zero-order valence-electron chi connectivity index (χ0n) is 12.9. The third-order valence-electron chi connectivity index (χ3n) is 3.61. The van der Waals surface area contributed by atoms with Gasteiger partial charge in [0.1, 0.15) is 0 Å². The molecular weight excluding hydrogens is 314 g/mol. The number of nitrogens with one attached hydrogen (secondary N) is 1. The lowest BCUT2D eigenvalue weighted by Gasteiger charge is -2.13. The van der Waals surface area contributed by atoms with Crippen LogP contribution in [-0.4, -0.2) is 39.2 Å². The first-order valence-electron chi connectivity index (χ1n) is 7.63. The summed E-state index contributed by atoms with van der Waals surface area (Å²) in [5.74, 6) is 0.0393. The topological polar surface area (TPSA) is 80.1 Å². The number of amides is 2. The van der Waals surface area contributed by atoms with Gasteiger partial charge in [-0.15, -0.1) is 11.3 Å². The van der Waals surface area contributed by atoms with Gasteiger partial charge < -0.3 is 5.32 Å². The van der Waals surface area contributed by atoms with Crippen LogP contribution in [0.15, 0.2) is 23.8 Å². The molecule has 0 aromatic carbocycles. The molecular formula is C15H19N5O2S. The molecule has 0 spiro atoms. The van der Waals surface area contributed by atoms with E-state index in [1.165, 1.54) is 11.3 Å². The number of hydrogen-bond donors (Lipinski definition) is 1. The average Bonchev–Trinajstić information content (AvgIpc) is 3.20. The number of aromatic nitrogens is 3. The van der Waals surface area contributed by atoms with Crippen LogP contribution in [0.3, 0.4) is 0 Å². The molecule has 1 aliphatic heterocycles. The molecule has 2 aromatic heterocycles. The van der Waals surface area contributed by atoms with Crippen LogP contribution in [0.2, 0.25) is 0 Å². The van der Waals surface area contributed by atoms with Gasteiger partial charge in [0, 0.05) is 36.8 Å². The molecule has 1 saturated heterocycles. The van der Waals surface area contributed by atoms with Crippen molar-refractivity contribution in [3.05, 3.63) is 29.5 Å². The van der Waals surface area contributed by atoms with E-state index in [2.05, 4.69) is 15.4 Å². The summed E-state index contributed by atoms with van der Waals surface area (Å²) in [5, 5.41) is 9.60. The van der Waals surface area contributed by atoms with Crippen molar-refractivity contribution in [2.75, 3.05) is 11.4 Å². The molecule has 1 atom stereocenters. The Hall–Kier alpha value is -2.22. The van der Waals surface area contributed by atoms with Crippen molar-refractivity contribution in [3.8, 4) is 0 Å². The fraction of sp³-hybridized carbons (Fsp3) is 0.467. The molecule has 2 amide bonds. The van der Waals surface area contributed by atoms with E-state index in [9.17, 15) is 9.59 Å². The van der Waals surface area contributed by atoms with Crippen LogP contribution in [0.5, 0.6) is 0 Å². The number of hydrogen-bond acceptors (Lipinski definition) is 5. The predicted molar refractivity (Wildman–Crippen MR) is 87.2 cm³/mol. The van der Waals surface area contributed by atoms with E-state index < -0.39 is 0 Å². The van der Waals surface area contributed by atoms with Gasteiger partial charge in [-0.3, -0.25) is 19.2 Å². The van der Waals surface area contributed by atoms with Gasteiger partial charge in [0.15, 0.2) is 5.13 Å². The summed E-state index contributed by atoms with van der Waals surface area (Å²) in [6, 6.07) is 1.84. The van der Waals surface area contributed by atoms with Crippen LogP contribution in [0, 0.1) is 0 Å². The first-order chi connectivity index (χ1) is 11.1. The second-order valence-electron chi connectivity index (χ2n) is 5.64. The second kappa shape index (κ2) is 6.91. The molecule has 1 aliphatic rings. The molecule has 1 unspecified atom stereocenters. The van der Waals surface area contributed by atoms with E-state index in [0.29, 0.717) is 23.8 Å². The highest BCUT2D eigenvalue weighted by Gasteiger charge is 2.24. The normalized spacial score (nSPS) is 15.9. The van der Waals surface area contributed by atoms with E-state index in [1.807, 2.05) is 24.6 Å². The van der Waals surface area contributed by atoms with Gasteiger partial charge in [-0.05, 0) is 19.4 Å². The van der Waals surface area contributed by atoms with E-state index in [1.54, 1.807) is 15.8 Å². The Kier molecular flexibility index (Phi) is 4.71. The number of carbonyl (C=O) groups is 2. The van der Waals surface area contributed by atoms with E-state index in [4.69, 9.17) is 0 Å². The van der Waals surface area contributed by atoms with Crippen molar-refractivity contribution in [1.29, 1.82) is 0 Å². The Labute approximate surface area is 138 Å². The van der Waals surface area contributed by atoms with Gasteiger partial charge in [-0.1, -0.05) is 0 Å². The molecule has 0 saturated carbocycles. The van der Waals surface area contributed by atoms with Gasteiger partial charge in [0.25, 0.3) is 0 Å². The van der Waals surface area contributed by atoms with Gasteiger partial charge in [-0.25, -0.2) is 4.98 Å². The molecule has 0 aliphatic carbocycles. The number of nitrogens with zero attached hydrogens (tertiary/aromatic N) is 4. The Balaban J connectivity index is 1.51. The van der Waals surface area contributed by atoms with Crippen molar-refractivity contribution in [3.63, 3.8) is 0 Å². The Morgan fingerprint density at radius 1 is 1.52 bits per heavy atom. The Morgan fingerprint density at radius 3 is 3.09 bits per heavy atom. The highest BCUT2D eigenvalue weighted by atomic mass is 32.1. The Bertz CT molecular complexity index is 682. The van der Waals surface area contributed by atoms with Crippen molar-refractivity contribution < 1.29 is 9.59 Å². The maximum Gasteiger partial charge on any atom is 0.228 e. The minimum Gasteiger partial charge on any atom is -0.351 e. The molecule has 0 radical (unpaired) electrons. The number of thiazole rings is 1. The third-order valence-corrected chi connectivity index (χ3v) is 4.53. The van der Waals surface area contributed by atoms with Crippen LogP contribution in [0.4, 0.5) is 5.13 Å². The third kappa shape index (κ3) is 3.95. The molecule has 2 aromatic rings. The maximum atomic E-state index is 12.1. The van der Waals surface area contributed by atoms with Crippen molar-refractivity contribution in [1.82, 2.24) is 20.1 Å². The first-order valence-corrected chi connectivity index (χ1v) is 8.51. The van der Waals surface area contributed by atoms with E-state index >= 15 is 0 Å². The number of anilines is 1. The zero-order chi connectivity index (χ0) is 16.2. The fourth-order valence-electron chi connectivity index (χ4n) is 2.58. The zero-order valence-corrected chi connectivity index (χ0v) is 13.8. The quantitative estimate of drug-likeness (QED) is 0.862. The van der Waals surface area contributed by atoms with Crippen LogP contribution in [-0.2, 0) is 22.6 Å². The highest BCUT2D eigenvalue weighted by molar-refractivity contribution is 7.14. The monoisotopic (exact) mass is 333 g/mol. The van der Waals surface area contributed by atoms with Crippen LogP contribution >= 0.6 is 11.3 Å². The van der Waals surface area contributed by atoms with Gasteiger partial charge in [0.05, 0.1) is 18.7 Å². The average molecular weight is 333 g/mol. The lowest BCUT2D eigenvalue weighted by atomic mass is 10.3. The summed E-state index contributed by atoms with van der Waals surface area (Å²) in [6.07, 6.45) is 5.26.